The van der Waals surface area contributed by atoms with Gasteiger partial charge in [0.05, 0.1) is 0 Å². The molecule has 0 aromatic rings. The van der Waals surface area contributed by atoms with Gasteiger partial charge < -0.3 is 5.32 Å². The van der Waals surface area contributed by atoms with Crippen molar-refractivity contribution in [1.82, 2.24) is 10.2 Å². The summed E-state index contributed by atoms with van der Waals surface area (Å²) >= 11 is 0. The molecular weight excluding hydrogens is 256 g/mol. The van der Waals surface area contributed by atoms with E-state index in [0.29, 0.717) is 6.04 Å². The van der Waals surface area contributed by atoms with Crippen LogP contribution < -0.4 is 5.32 Å². The van der Waals surface area contributed by atoms with Gasteiger partial charge in [0.2, 0.25) is 0 Å². The largest absolute Gasteiger partial charge is 0.315 e. The first-order valence-electron chi connectivity index (χ1n) is 9.65. The maximum Gasteiger partial charge on any atom is 0.0252 e. The maximum atomic E-state index is 3.68. The average molecular weight is 295 g/mol. The molecule has 2 nitrogen and oxygen atoms in total. The summed E-state index contributed by atoms with van der Waals surface area (Å²) in [5.41, 5.74) is 0. The molecule has 0 amide bonds. The number of hydrogen-bond acceptors (Lipinski definition) is 2. The van der Waals surface area contributed by atoms with E-state index in [2.05, 4.69) is 31.1 Å². The van der Waals surface area contributed by atoms with Gasteiger partial charge in [0.15, 0.2) is 0 Å². The van der Waals surface area contributed by atoms with E-state index >= 15 is 0 Å². The molecule has 0 bridgehead atoms. The van der Waals surface area contributed by atoms with Crippen LogP contribution >= 0.6 is 0 Å². The predicted molar refractivity (Wildman–Crippen MR) is 92.8 cm³/mol. The van der Waals surface area contributed by atoms with Crippen molar-refractivity contribution in [3.63, 3.8) is 0 Å². The van der Waals surface area contributed by atoms with Crippen LogP contribution in [-0.4, -0.2) is 36.6 Å². The lowest BCUT2D eigenvalue weighted by Gasteiger charge is -2.38. The van der Waals surface area contributed by atoms with E-state index in [0.717, 1.165) is 18.0 Å². The number of hydrogen-bond donors (Lipinski definition) is 1. The second kappa shape index (κ2) is 9.15. The highest BCUT2D eigenvalue weighted by Crippen LogP contribution is 2.29. The average Bonchev–Trinajstić information content (AvgIpc) is 2.78. The molecule has 0 spiro atoms. The third-order valence-corrected chi connectivity index (χ3v) is 5.86. The van der Waals surface area contributed by atoms with E-state index < -0.39 is 0 Å². The van der Waals surface area contributed by atoms with Crippen molar-refractivity contribution in [2.75, 3.05) is 13.6 Å². The van der Waals surface area contributed by atoms with Gasteiger partial charge in [-0.1, -0.05) is 58.3 Å². The molecular formula is C19H38N2. The van der Waals surface area contributed by atoms with Crippen LogP contribution in [0.4, 0.5) is 0 Å². The van der Waals surface area contributed by atoms with Crippen molar-refractivity contribution in [3.8, 4) is 0 Å². The van der Waals surface area contributed by atoms with Gasteiger partial charge in [-0.05, 0) is 39.2 Å². The molecule has 0 radical (unpaired) electrons. The molecule has 21 heavy (non-hydrogen) atoms. The quantitative estimate of drug-likeness (QED) is 0.801. The molecule has 4 atom stereocenters. The zero-order valence-electron chi connectivity index (χ0n) is 14.7. The molecule has 1 saturated heterocycles. The normalized spacial score (nSPS) is 37.9. The van der Waals surface area contributed by atoms with Crippen molar-refractivity contribution in [2.24, 2.45) is 5.92 Å². The van der Waals surface area contributed by atoms with E-state index in [4.69, 9.17) is 0 Å². The van der Waals surface area contributed by atoms with Crippen molar-refractivity contribution in [3.05, 3.63) is 0 Å². The van der Waals surface area contributed by atoms with Gasteiger partial charge in [-0.3, -0.25) is 4.90 Å². The Morgan fingerprint density at radius 3 is 1.90 bits per heavy atom. The highest BCUT2D eigenvalue weighted by molar-refractivity contribution is 4.91. The first kappa shape index (κ1) is 17.3. The first-order chi connectivity index (χ1) is 10.2. The number of nitrogens with zero attached hydrogens (tertiary/aromatic N) is 1. The Kier molecular flexibility index (Phi) is 7.53. The Morgan fingerprint density at radius 2 is 1.38 bits per heavy atom. The van der Waals surface area contributed by atoms with Crippen LogP contribution in [0.25, 0.3) is 0 Å². The van der Waals surface area contributed by atoms with Crippen LogP contribution in [0.15, 0.2) is 0 Å². The summed E-state index contributed by atoms with van der Waals surface area (Å²) in [6.07, 6.45) is 15.8. The van der Waals surface area contributed by atoms with Gasteiger partial charge in [0.25, 0.3) is 0 Å². The summed E-state index contributed by atoms with van der Waals surface area (Å²) in [6, 6.07) is 2.26. The molecule has 0 aromatic heterocycles. The molecule has 1 heterocycles. The lowest BCUT2D eigenvalue weighted by atomic mass is 9.92. The predicted octanol–water partition coefficient (Wildman–Crippen LogP) is 4.59. The maximum absolute atomic E-state index is 3.68. The zero-order valence-corrected chi connectivity index (χ0v) is 14.7. The van der Waals surface area contributed by atoms with Crippen LogP contribution in [0.5, 0.6) is 0 Å². The summed E-state index contributed by atoms with van der Waals surface area (Å²) < 4.78 is 0. The summed E-state index contributed by atoms with van der Waals surface area (Å²) in [4.78, 5) is 2.84. The van der Waals surface area contributed by atoms with Gasteiger partial charge in [0.1, 0.15) is 0 Å². The summed E-state index contributed by atoms with van der Waals surface area (Å²) in [7, 11) is 2.19. The molecule has 1 saturated carbocycles. The topological polar surface area (TPSA) is 15.3 Å². The van der Waals surface area contributed by atoms with Gasteiger partial charge >= 0.3 is 0 Å². The van der Waals surface area contributed by atoms with Gasteiger partial charge in [-0.2, -0.15) is 0 Å². The second-order valence-electron chi connectivity index (χ2n) is 7.75. The molecule has 2 heteroatoms. The lowest BCUT2D eigenvalue weighted by Crippen LogP contribution is -2.50. The van der Waals surface area contributed by atoms with Crippen LogP contribution in [0.3, 0.4) is 0 Å². The van der Waals surface area contributed by atoms with E-state index in [9.17, 15) is 0 Å². The Balaban J connectivity index is 1.99. The smallest absolute Gasteiger partial charge is 0.0252 e. The lowest BCUT2D eigenvalue weighted by molar-refractivity contribution is 0.133. The SMILES string of the molecule is CNC1CCCCCCCCCCC1N1CC(C)CC1C. The number of likely N-dealkylation sites (tertiary alicyclic amines) is 1. The molecule has 4 unspecified atom stereocenters. The Bertz CT molecular complexity index is 279. The van der Waals surface area contributed by atoms with Gasteiger partial charge in [-0.25, -0.2) is 0 Å². The number of nitrogens with one attached hydrogen (secondary N) is 1. The minimum Gasteiger partial charge on any atom is -0.315 e. The zero-order chi connectivity index (χ0) is 15.1. The Hall–Kier alpha value is -0.0800. The Labute approximate surface area is 133 Å². The molecule has 0 aromatic carbocycles. The number of rotatable bonds is 2. The van der Waals surface area contributed by atoms with Crippen molar-refractivity contribution in [2.45, 2.75) is 103 Å². The summed E-state index contributed by atoms with van der Waals surface area (Å²) in [5.74, 6) is 0.888. The molecule has 1 aliphatic heterocycles. The molecule has 124 valence electrons. The minimum absolute atomic E-state index is 0.706. The third kappa shape index (κ3) is 5.25. The third-order valence-electron chi connectivity index (χ3n) is 5.86. The fraction of sp³-hybridized carbons (Fsp3) is 1.00. The molecule has 1 N–H and O–H groups in total. The second-order valence-corrected chi connectivity index (χ2v) is 7.75. The molecule has 2 rings (SSSR count). The van der Waals surface area contributed by atoms with Gasteiger partial charge in [0, 0.05) is 24.7 Å². The fourth-order valence-corrected chi connectivity index (χ4v) is 4.70. The number of likely N-dealkylation sites (N-methyl/N-ethyl adjacent to an activating group) is 1. The molecule has 2 fully saturated rings. The van der Waals surface area contributed by atoms with Crippen LogP contribution in [0.2, 0.25) is 0 Å². The van der Waals surface area contributed by atoms with E-state index in [1.807, 2.05) is 0 Å². The highest BCUT2D eigenvalue weighted by atomic mass is 15.2. The summed E-state index contributed by atoms with van der Waals surface area (Å²) in [5, 5.41) is 3.68. The van der Waals surface area contributed by atoms with Crippen molar-refractivity contribution < 1.29 is 0 Å². The molecule has 1 aliphatic carbocycles. The first-order valence-corrected chi connectivity index (χ1v) is 9.65. The standard InChI is InChI=1S/C19H38N2/c1-16-14-17(2)21(15-16)19-13-11-9-7-5-4-6-8-10-12-18(19)20-3/h16-20H,4-15H2,1-3H3. The minimum atomic E-state index is 0.706. The van der Waals surface area contributed by atoms with E-state index in [1.54, 1.807) is 0 Å². The van der Waals surface area contributed by atoms with E-state index in [1.165, 1.54) is 77.2 Å². The van der Waals surface area contributed by atoms with E-state index in [-0.39, 0.29) is 0 Å². The van der Waals surface area contributed by atoms with Crippen molar-refractivity contribution >= 4 is 0 Å². The van der Waals surface area contributed by atoms with Crippen LogP contribution in [-0.2, 0) is 0 Å². The van der Waals surface area contributed by atoms with Crippen LogP contribution in [0.1, 0.15) is 84.5 Å². The fourth-order valence-electron chi connectivity index (χ4n) is 4.70. The Morgan fingerprint density at radius 1 is 0.810 bits per heavy atom. The highest BCUT2D eigenvalue weighted by Gasteiger charge is 2.34. The molecule has 2 aliphatic rings. The van der Waals surface area contributed by atoms with Crippen LogP contribution in [0, 0.1) is 5.92 Å². The monoisotopic (exact) mass is 294 g/mol. The summed E-state index contributed by atoms with van der Waals surface area (Å²) in [6.45, 7) is 6.20. The van der Waals surface area contributed by atoms with Gasteiger partial charge in [-0.15, -0.1) is 0 Å². The van der Waals surface area contributed by atoms with Crippen molar-refractivity contribution in [1.29, 1.82) is 0 Å².